The van der Waals surface area contributed by atoms with Crippen LogP contribution in [-0.2, 0) is 9.31 Å². The topological polar surface area (TPSA) is 63.2 Å². The SMILES string of the molecule is CC1(C)OB(c2cccc(C(=O)NN3C=CC(C(F)(F)F)=NC3)c2)OC1(C)C. The minimum absolute atomic E-state index is 0.325. The zero-order valence-corrected chi connectivity index (χ0v) is 16.0. The average molecular weight is 395 g/mol. The molecule has 2 aliphatic rings. The van der Waals surface area contributed by atoms with Gasteiger partial charge in [-0.15, -0.1) is 0 Å². The van der Waals surface area contributed by atoms with Gasteiger partial charge < -0.3 is 9.31 Å². The second kappa shape index (κ2) is 6.93. The number of hydrogen-bond donors (Lipinski definition) is 1. The molecule has 2 heterocycles. The number of carbonyl (C=O) groups is 1. The van der Waals surface area contributed by atoms with Crippen LogP contribution < -0.4 is 10.9 Å². The van der Waals surface area contributed by atoms with Crippen LogP contribution >= 0.6 is 0 Å². The van der Waals surface area contributed by atoms with Crippen LogP contribution in [-0.4, -0.2) is 47.8 Å². The summed E-state index contributed by atoms with van der Waals surface area (Å²) in [6.07, 6.45) is -2.57. The van der Waals surface area contributed by atoms with E-state index in [1.165, 1.54) is 5.01 Å². The first kappa shape index (κ1) is 20.4. The Morgan fingerprint density at radius 1 is 1.21 bits per heavy atom. The molecule has 3 rings (SSSR count). The maximum Gasteiger partial charge on any atom is 0.494 e. The summed E-state index contributed by atoms with van der Waals surface area (Å²) in [6, 6.07) is 6.72. The van der Waals surface area contributed by atoms with Gasteiger partial charge in [-0.3, -0.25) is 20.2 Å². The van der Waals surface area contributed by atoms with Gasteiger partial charge in [0.05, 0.1) is 11.2 Å². The summed E-state index contributed by atoms with van der Waals surface area (Å²) in [5.41, 5.74) is 1.50. The van der Waals surface area contributed by atoms with E-state index in [2.05, 4.69) is 10.4 Å². The van der Waals surface area contributed by atoms with Crippen LogP contribution in [0.1, 0.15) is 38.1 Å². The highest BCUT2D eigenvalue weighted by molar-refractivity contribution is 6.62. The molecule has 2 aliphatic heterocycles. The summed E-state index contributed by atoms with van der Waals surface area (Å²) < 4.78 is 49.7. The van der Waals surface area contributed by atoms with E-state index in [0.717, 1.165) is 12.3 Å². The van der Waals surface area contributed by atoms with Gasteiger partial charge in [-0.05, 0) is 51.4 Å². The van der Waals surface area contributed by atoms with Crippen molar-refractivity contribution in [3.05, 3.63) is 42.1 Å². The number of allylic oxidation sites excluding steroid dienone is 1. The molecule has 1 amide bonds. The van der Waals surface area contributed by atoms with Gasteiger partial charge >= 0.3 is 13.3 Å². The Morgan fingerprint density at radius 2 is 1.86 bits per heavy atom. The normalized spacial score (nSPS) is 20.9. The summed E-state index contributed by atoms with van der Waals surface area (Å²) in [5, 5.41) is 1.18. The van der Waals surface area contributed by atoms with Gasteiger partial charge in [0.15, 0.2) is 0 Å². The molecule has 150 valence electrons. The zero-order valence-electron chi connectivity index (χ0n) is 16.0. The Kier molecular flexibility index (Phi) is 5.05. The number of nitrogens with zero attached hydrogens (tertiary/aromatic N) is 2. The third-order valence-electron chi connectivity index (χ3n) is 5.02. The quantitative estimate of drug-likeness (QED) is 0.799. The van der Waals surface area contributed by atoms with Gasteiger partial charge in [-0.2, -0.15) is 13.2 Å². The average Bonchev–Trinajstić information content (AvgIpc) is 2.82. The number of aliphatic imine (C=N–C) groups is 1. The molecule has 0 saturated carbocycles. The predicted octanol–water partition coefficient (Wildman–Crippen LogP) is 2.42. The molecule has 1 aromatic carbocycles. The Bertz CT molecular complexity index is 821. The maximum atomic E-state index is 12.6. The maximum absolute atomic E-state index is 12.6. The van der Waals surface area contributed by atoms with Crippen LogP contribution in [0.5, 0.6) is 0 Å². The fourth-order valence-electron chi connectivity index (χ4n) is 2.67. The lowest BCUT2D eigenvalue weighted by Gasteiger charge is -2.32. The van der Waals surface area contributed by atoms with Crippen LogP contribution in [0.15, 0.2) is 41.5 Å². The lowest BCUT2D eigenvalue weighted by molar-refractivity contribution is -0.0584. The van der Waals surface area contributed by atoms with E-state index in [0.29, 0.717) is 11.0 Å². The first-order valence-corrected chi connectivity index (χ1v) is 8.72. The number of hydrazine groups is 1. The molecular formula is C18H21BF3N3O3. The van der Waals surface area contributed by atoms with Crippen molar-refractivity contribution in [3.63, 3.8) is 0 Å². The lowest BCUT2D eigenvalue weighted by atomic mass is 9.78. The van der Waals surface area contributed by atoms with Crippen molar-refractivity contribution in [2.24, 2.45) is 4.99 Å². The molecule has 6 nitrogen and oxygen atoms in total. The summed E-state index contributed by atoms with van der Waals surface area (Å²) in [7, 11) is -0.619. The molecule has 0 spiro atoms. The van der Waals surface area contributed by atoms with Gasteiger partial charge in [-0.25, -0.2) is 0 Å². The first-order valence-electron chi connectivity index (χ1n) is 8.72. The van der Waals surface area contributed by atoms with E-state index < -0.39 is 36.1 Å². The van der Waals surface area contributed by atoms with Gasteiger partial charge in [-0.1, -0.05) is 12.1 Å². The number of benzene rings is 1. The Morgan fingerprint density at radius 3 is 2.39 bits per heavy atom. The van der Waals surface area contributed by atoms with Crippen LogP contribution in [0.4, 0.5) is 13.2 Å². The molecule has 0 unspecified atom stereocenters. The van der Waals surface area contributed by atoms with Crippen molar-refractivity contribution in [3.8, 4) is 0 Å². The number of amides is 1. The molecular weight excluding hydrogens is 374 g/mol. The van der Waals surface area contributed by atoms with Gasteiger partial charge in [0.2, 0.25) is 0 Å². The molecule has 10 heteroatoms. The second-order valence-corrected chi connectivity index (χ2v) is 7.62. The summed E-state index contributed by atoms with van der Waals surface area (Å²) in [5.74, 6) is -0.478. The fraction of sp³-hybridized carbons (Fsp3) is 0.444. The second-order valence-electron chi connectivity index (χ2n) is 7.62. The molecule has 1 fully saturated rings. The first-order chi connectivity index (χ1) is 12.9. The van der Waals surface area contributed by atoms with Crippen molar-refractivity contribution in [2.45, 2.75) is 45.1 Å². The Hall–Kier alpha value is -2.33. The number of hydrogen-bond acceptors (Lipinski definition) is 5. The van der Waals surface area contributed by atoms with Gasteiger partial charge in [0.25, 0.3) is 5.91 Å². The number of carbonyl (C=O) groups excluding carboxylic acids is 1. The highest BCUT2D eigenvalue weighted by Gasteiger charge is 2.51. The van der Waals surface area contributed by atoms with Gasteiger partial charge in [0.1, 0.15) is 12.4 Å². The molecule has 0 aromatic heterocycles. The molecule has 1 N–H and O–H groups in total. The third kappa shape index (κ3) is 4.07. The minimum atomic E-state index is -4.51. The molecule has 28 heavy (non-hydrogen) atoms. The highest BCUT2D eigenvalue weighted by atomic mass is 19.4. The number of rotatable bonds is 3. The number of alkyl halides is 3. The summed E-state index contributed by atoms with van der Waals surface area (Å²) in [6.45, 7) is 7.40. The zero-order chi connectivity index (χ0) is 20.7. The standard InChI is InChI=1S/C18H21BF3N3O3/c1-16(2)17(3,4)28-19(27-16)13-7-5-6-12(10-13)15(26)24-25-9-8-14(23-11-25)18(20,21)22/h5-10H,11H2,1-4H3,(H,24,26). The van der Waals surface area contributed by atoms with E-state index in [1.807, 2.05) is 27.7 Å². The fourth-order valence-corrected chi connectivity index (χ4v) is 2.67. The van der Waals surface area contributed by atoms with Crippen LogP contribution in [0, 0.1) is 0 Å². The Labute approximate surface area is 161 Å². The van der Waals surface area contributed by atoms with Crippen molar-refractivity contribution in [2.75, 3.05) is 6.67 Å². The monoisotopic (exact) mass is 395 g/mol. The van der Waals surface area contributed by atoms with Crippen LogP contribution in [0.2, 0.25) is 0 Å². The molecule has 1 aromatic rings. The van der Waals surface area contributed by atoms with E-state index >= 15 is 0 Å². The Balaban J connectivity index is 1.68. The smallest absolute Gasteiger partial charge is 0.399 e. The van der Waals surface area contributed by atoms with Crippen molar-refractivity contribution in [1.29, 1.82) is 0 Å². The summed E-state index contributed by atoms with van der Waals surface area (Å²) >= 11 is 0. The van der Waals surface area contributed by atoms with Gasteiger partial charge in [0, 0.05) is 11.8 Å². The largest absolute Gasteiger partial charge is 0.494 e. The molecule has 1 saturated heterocycles. The van der Waals surface area contributed by atoms with Crippen LogP contribution in [0.25, 0.3) is 0 Å². The number of nitrogens with one attached hydrogen (secondary N) is 1. The molecule has 0 atom stereocenters. The lowest BCUT2D eigenvalue weighted by Crippen LogP contribution is -2.42. The minimum Gasteiger partial charge on any atom is -0.399 e. The van der Waals surface area contributed by atoms with Crippen molar-refractivity contribution in [1.82, 2.24) is 10.4 Å². The highest BCUT2D eigenvalue weighted by Crippen LogP contribution is 2.36. The van der Waals surface area contributed by atoms with Crippen molar-refractivity contribution >= 4 is 24.2 Å². The van der Waals surface area contributed by atoms with E-state index in [9.17, 15) is 18.0 Å². The third-order valence-corrected chi connectivity index (χ3v) is 5.02. The van der Waals surface area contributed by atoms with E-state index in [1.54, 1.807) is 24.3 Å². The molecule has 0 radical (unpaired) electrons. The predicted molar refractivity (Wildman–Crippen MR) is 99.0 cm³/mol. The van der Waals surface area contributed by atoms with E-state index in [-0.39, 0.29) is 6.67 Å². The summed E-state index contributed by atoms with van der Waals surface area (Å²) in [4.78, 5) is 15.9. The molecule has 0 bridgehead atoms. The van der Waals surface area contributed by atoms with E-state index in [4.69, 9.17) is 9.31 Å². The van der Waals surface area contributed by atoms with Crippen molar-refractivity contribution < 1.29 is 27.3 Å². The number of halogens is 3. The molecule has 0 aliphatic carbocycles. The van der Waals surface area contributed by atoms with Crippen LogP contribution in [0.3, 0.4) is 0 Å².